The minimum absolute atomic E-state index is 0.0585. The second-order valence-corrected chi connectivity index (χ2v) is 5.05. The fourth-order valence-electron chi connectivity index (χ4n) is 2.43. The molecule has 0 aliphatic rings. The third-order valence-electron chi connectivity index (χ3n) is 3.52. The van der Waals surface area contributed by atoms with Gasteiger partial charge in [-0.1, -0.05) is 19.1 Å². The number of fused-ring (bicyclic) bond motifs is 1. The number of allylic oxidation sites excluding steroid dienone is 3. The van der Waals surface area contributed by atoms with Gasteiger partial charge in [-0.2, -0.15) is 13.2 Å². The van der Waals surface area contributed by atoms with Crippen LogP contribution in [0.3, 0.4) is 0 Å². The lowest BCUT2D eigenvalue weighted by atomic mass is 10.0. The number of aromatic nitrogens is 1. The van der Waals surface area contributed by atoms with Crippen molar-refractivity contribution in [2.45, 2.75) is 25.9 Å². The number of alkyl halides is 3. The molecule has 2 rings (SSSR count). The van der Waals surface area contributed by atoms with E-state index in [1.165, 1.54) is 29.6 Å². The molecule has 0 spiro atoms. The van der Waals surface area contributed by atoms with E-state index in [0.29, 0.717) is 5.52 Å². The Kier molecular flexibility index (Phi) is 4.58. The maximum atomic E-state index is 13.3. The van der Waals surface area contributed by atoms with Crippen molar-refractivity contribution in [3.05, 3.63) is 75.8 Å². The zero-order valence-electron chi connectivity index (χ0n) is 12.5. The molecule has 1 atom stereocenters. The third-order valence-corrected chi connectivity index (χ3v) is 3.52. The van der Waals surface area contributed by atoms with Gasteiger partial charge < -0.3 is 4.40 Å². The highest BCUT2D eigenvalue weighted by atomic mass is 19.4. The minimum Gasteiger partial charge on any atom is -0.320 e. The molecule has 4 nitrogen and oxygen atoms in total. The summed E-state index contributed by atoms with van der Waals surface area (Å²) in [6.45, 7) is 3.08. The van der Waals surface area contributed by atoms with Gasteiger partial charge in [-0.15, -0.1) is 0 Å². The summed E-state index contributed by atoms with van der Waals surface area (Å²) < 4.78 is 41.3. The number of nitrogens with zero attached hydrogens (tertiary/aromatic N) is 2. The number of rotatable bonds is 4. The van der Waals surface area contributed by atoms with Gasteiger partial charge in [0.05, 0.1) is 10.5 Å². The molecule has 0 radical (unpaired) electrons. The Morgan fingerprint density at radius 3 is 2.65 bits per heavy atom. The summed E-state index contributed by atoms with van der Waals surface area (Å²) in [5.41, 5.74) is -0.408. The summed E-state index contributed by atoms with van der Waals surface area (Å²) in [4.78, 5) is 10.2. The van der Waals surface area contributed by atoms with Gasteiger partial charge in [0.2, 0.25) is 0 Å². The summed E-state index contributed by atoms with van der Waals surface area (Å²) in [5.74, 6) is -0.647. The molecule has 0 bridgehead atoms. The second-order valence-electron chi connectivity index (χ2n) is 5.05. The molecule has 2 aromatic heterocycles. The van der Waals surface area contributed by atoms with Crippen LogP contribution in [0.2, 0.25) is 0 Å². The number of nitro groups is 1. The van der Waals surface area contributed by atoms with Crippen LogP contribution in [0.5, 0.6) is 0 Å². The Balaban J connectivity index is 2.53. The van der Waals surface area contributed by atoms with Crippen LogP contribution in [0.25, 0.3) is 5.52 Å². The van der Waals surface area contributed by atoms with Gasteiger partial charge in [0, 0.05) is 29.4 Å². The van der Waals surface area contributed by atoms with E-state index in [-0.39, 0.29) is 11.4 Å². The van der Waals surface area contributed by atoms with E-state index in [9.17, 15) is 23.3 Å². The van der Waals surface area contributed by atoms with Gasteiger partial charge in [0.25, 0.3) is 5.70 Å². The predicted octanol–water partition coefficient (Wildman–Crippen LogP) is 4.80. The summed E-state index contributed by atoms with van der Waals surface area (Å²) in [6, 6.07) is 5.97. The van der Waals surface area contributed by atoms with Crippen molar-refractivity contribution in [2.75, 3.05) is 0 Å². The van der Waals surface area contributed by atoms with Crippen molar-refractivity contribution < 1.29 is 18.1 Å². The molecule has 0 aromatic carbocycles. The van der Waals surface area contributed by atoms with E-state index in [0.717, 1.165) is 6.07 Å². The summed E-state index contributed by atoms with van der Waals surface area (Å²) in [6.07, 6.45) is 0.990. The lowest BCUT2D eigenvalue weighted by Gasteiger charge is -2.13. The van der Waals surface area contributed by atoms with Crippen LogP contribution in [-0.2, 0) is 6.18 Å². The van der Waals surface area contributed by atoms with Crippen molar-refractivity contribution in [3.63, 3.8) is 0 Å². The van der Waals surface area contributed by atoms with E-state index in [2.05, 4.69) is 0 Å². The number of hydrogen-bond donors (Lipinski definition) is 0. The third kappa shape index (κ3) is 3.44. The maximum Gasteiger partial charge on any atom is 0.418 e. The normalized spacial score (nSPS) is 14.6. The smallest absolute Gasteiger partial charge is 0.320 e. The van der Waals surface area contributed by atoms with Crippen LogP contribution < -0.4 is 0 Å². The van der Waals surface area contributed by atoms with Gasteiger partial charge >= 0.3 is 6.18 Å². The lowest BCUT2D eigenvalue weighted by Crippen LogP contribution is -2.10. The molecular weight excluding hydrogens is 309 g/mol. The summed E-state index contributed by atoms with van der Waals surface area (Å²) in [5, 5.41) is 10.8. The van der Waals surface area contributed by atoms with Gasteiger partial charge in [-0.3, -0.25) is 10.1 Å². The monoisotopic (exact) mass is 324 g/mol. The second kappa shape index (κ2) is 6.28. The highest BCUT2D eigenvalue weighted by Gasteiger charge is 2.36. The van der Waals surface area contributed by atoms with Crippen molar-refractivity contribution >= 4 is 5.52 Å². The fraction of sp³-hybridized carbons (Fsp3) is 0.250. The van der Waals surface area contributed by atoms with Gasteiger partial charge in [-0.25, -0.2) is 0 Å². The molecule has 0 saturated carbocycles. The van der Waals surface area contributed by atoms with E-state index >= 15 is 0 Å². The SMILES string of the molecule is C/C=C(\C=C/C(C)c1c(C(F)(F)F)cc2ccccn12)[N+](=O)[O-]. The summed E-state index contributed by atoms with van der Waals surface area (Å²) >= 11 is 0. The quantitative estimate of drug-likeness (QED) is 0.461. The Morgan fingerprint density at radius 2 is 2.09 bits per heavy atom. The molecule has 2 heterocycles. The molecule has 23 heavy (non-hydrogen) atoms. The molecule has 0 amide bonds. The lowest BCUT2D eigenvalue weighted by molar-refractivity contribution is -0.419. The van der Waals surface area contributed by atoms with E-state index in [1.807, 2.05) is 0 Å². The first-order chi connectivity index (χ1) is 10.8. The Morgan fingerprint density at radius 1 is 1.39 bits per heavy atom. The molecule has 0 fully saturated rings. The summed E-state index contributed by atoms with van der Waals surface area (Å²) in [7, 11) is 0. The van der Waals surface area contributed by atoms with E-state index < -0.39 is 22.6 Å². The molecule has 2 aromatic rings. The largest absolute Gasteiger partial charge is 0.418 e. The van der Waals surface area contributed by atoms with Gasteiger partial charge in [0.15, 0.2) is 0 Å². The number of halogens is 3. The molecule has 0 aliphatic heterocycles. The van der Waals surface area contributed by atoms with Gasteiger partial charge in [0.1, 0.15) is 0 Å². The molecule has 122 valence electrons. The predicted molar refractivity (Wildman–Crippen MR) is 80.7 cm³/mol. The van der Waals surface area contributed by atoms with Crippen LogP contribution in [0.15, 0.2) is 54.4 Å². The van der Waals surface area contributed by atoms with E-state index in [1.54, 1.807) is 31.3 Å². The number of pyridine rings is 1. The molecule has 0 N–H and O–H groups in total. The molecule has 0 saturated heterocycles. The average molecular weight is 324 g/mol. The standard InChI is InChI=1S/C16H15F3N2O2/c1-3-12(21(22)23)8-7-11(2)15-14(16(17,18)19)10-13-6-4-5-9-20(13)15/h3-11H,1-2H3/b8-7-,12-3+. The molecule has 7 heteroatoms. The van der Waals surface area contributed by atoms with Crippen molar-refractivity contribution in [1.82, 2.24) is 4.40 Å². The zero-order chi connectivity index (χ0) is 17.2. The van der Waals surface area contributed by atoms with Crippen LogP contribution in [0, 0.1) is 10.1 Å². The highest BCUT2D eigenvalue weighted by Crippen LogP contribution is 2.37. The zero-order valence-corrected chi connectivity index (χ0v) is 12.5. The minimum atomic E-state index is -4.49. The molecule has 1 unspecified atom stereocenters. The van der Waals surface area contributed by atoms with Crippen LogP contribution in [0.4, 0.5) is 13.2 Å². The molecule has 0 aliphatic carbocycles. The first kappa shape index (κ1) is 16.8. The van der Waals surface area contributed by atoms with E-state index in [4.69, 9.17) is 0 Å². The van der Waals surface area contributed by atoms with Crippen LogP contribution >= 0.6 is 0 Å². The van der Waals surface area contributed by atoms with Crippen molar-refractivity contribution in [3.8, 4) is 0 Å². The number of hydrogen-bond acceptors (Lipinski definition) is 2. The van der Waals surface area contributed by atoms with Gasteiger partial charge in [-0.05, 0) is 31.2 Å². The first-order valence-electron chi connectivity index (χ1n) is 6.91. The molecular formula is C16H15F3N2O2. The first-order valence-corrected chi connectivity index (χ1v) is 6.91. The van der Waals surface area contributed by atoms with Crippen LogP contribution in [0.1, 0.15) is 31.0 Å². The Bertz CT molecular complexity index is 788. The Labute approximate surface area is 130 Å². The average Bonchev–Trinajstić information content (AvgIpc) is 2.87. The highest BCUT2D eigenvalue weighted by molar-refractivity contribution is 5.55. The maximum absolute atomic E-state index is 13.3. The van der Waals surface area contributed by atoms with Crippen molar-refractivity contribution in [1.29, 1.82) is 0 Å². The van der Waals surface area contributed by atoms with Crippen LogP contribution in [-0.4, -0.2) is 9.32 Å². The Hall–Kier alpha value is -2.57. The topological polar surface area (TPSA) is 47.5 Å². The van der Waals surface area contributed by atoms with Crippen molar-refractivity contribution in [2.24, 2.45) is 0 Å². The fourth-order valence-corrected chi connectivity index (χ4v) is 2.43.